The molecule has 0 saturated heterocycles. The van der Waals surface area contributed by atoms with E-state index in [1.165, 1.54) is 17.5 Å². The van der Waals surface area contributed by atoms with E-state index in [4.69, 9.17) is 0 Å². The second-order valence-electron chi connectivity index (χ2n) is 4.56. The summed E-state index contributed by atoms with van der Waals surface area (Å²) in [5.74, 6) is 0. The second kappa shape index (κ2) is 8.90. The Hall–Kier alpha value is -1.12. The highest BCUT2D eigenvalue weighted by atomic mass is 15.1. The third-order valence-electron chi connectivity index (χ3n) is 3.09. The maximum absolute atomic E-state index is 3.82. The Balaban J connectivity index is 2.65. The SMILES string of the molecule is C=CCN(CC)Cc1ccccc1CNCCC. The van der Waals surface area contributed by atoms with Crippen LogP contribution in [0, 0.1) is 0 Å². The van der Waals surface area contributed by atoms with Gasteiger partial charge in [0.2, 0.25) is 0 Å². The van der Waals surface area contributed by atoms with E-state index in [0.29, 0.717) is 0 Å². The van der Waals surface area contributed by atoms with Crippen LogP contribution in [0.5, 0.6) is 0 Å². The van der Waals surface area contributed by atoms with Crippen LogP contribution in [0.2, 0.25) is 0 Å². The Bertz CT molecular complexity index is 347. The molecule has 0 unspecified atom stereocenters. The summed E-state index contributed by atoms with van der Waals surface area (Å²) < 4.78 is 0. The monoisotopic (exact) mass is 246 g/mol. The van der Waals surface area contributed by atoms with Crippen molar-refractivity contribution in [1.29, 1.82) is 0 Å². The van der Waals surface area contributed by atoms with Crippen LogP contribution in [0.25, 0.3) is 0 Å². The first-order valence-electron chi connectivity index (χ1n) is 6.92. The smallest absolute Gasteiger partial charge is 0.0240 e. The zero-order valence-electron chi connectivity index (χ0n) is 11.8. The summed E-state index contributed by atoms with van der Waals surface area (Å²) in [6.07, 6.45) is 3.15. The zero-order chi connectivity index (χ0) is 13.2. The van der Waals surface area contributed by atoms with Crippen molar-refractivity contribution in [2.45, 2.75) is 33.4 Å². The van der Waals surface area contributed by atoms with Crippen molar-refractivity contribution in [3.63, 3.8) is 0 Å². The van der Waals surface area contributed by atoms with Crippen LogP contribution in [-0.4, -0.2) is 24.5 Å². The molecule has 0 radical (unpaired) electrons. The van der Waals surface area contributed by atoms with E-state index < -0.39 is 0 Å². The summed E-state index contributed by atoms with van der Waals surface area (Å²) in [5.41, 5.74) is 2.83. The molecule has 1 aromatic carbocycles. The van der Waals surface area contributed by atoms with Crippen molar-refractivity contribution in [3.05, 3.63) is 48.0 Å². The largest absolute Gasteiger partial charge is 0.313 e. The first kappa shape index (κ1) is 14.9. The minimum Gasteiger partial charge on any atom is -0.313 e. The molecule has 100 valence electrons. The molecule has 18 heavy (non-hydrogen) atoms. The van der Waals surface area contributed by atoms with Gasteiger partial charge in [0.25, 0.3) is 0 Å². The molecule has 0 aliphatic rings. The molecule has 0 aromatic heterocycles. The molecular weight excluding hydrogens is 220 g/mol. The molecule has 0 saturated carbocycles. The lowest BCUT2D eigenvalue weighted by Gasteiger charge is -2.20. The number of nitrogens with one attached hydrogen (secondary N) is 1. The minimum atomic E-state index is 0.952. The number of nitrogens with zero attached hydrogens (tertiary/aromatic N) is 1. The maximum Gasteiger partial charge on any atom is 0.0240 e. The number of rotatable bonds is 9. The summed E-state index contributed by atoms with van der Waals surface area (Å²) in [7, 11) is 0. The van der Waals surface area contributed by atoms with Crippen LogP contribution in [0.4, 0.5) is 0 Å². The van der Waals surface area contributed by atoms with E-state index in [1.54, 1.807) is 0 Å². The lowest BCUT2D eigenvalue weighted by molar-refractivity contribution is 0.310. The van der Waals surface area contributed by atoms with Gasteiger partial charge in [-0.05, 0) is 30.6 Å². The van der Waals surface area contributed by atoms with E-state index in [9.17, 15) is 0 Å². The van der Waals surface area contributed by atoms with E-state index in [1.807, 2.05) is 6.08 Å². The molecule has 1 aromatic rings. The fourth-order valence-corrected chi connectivity index (χ4v) is 2.01. The lowest BCUT2D eigenvalue weighted by atomic mass is 10.1. The van der Waals surface area contributed by atoms with Gasteiger partial charge >= 0.3 is 0 Å². The molecule has 1 rings (SSSR count). The molecule has 0 spiro atoms. The molecule has 0 aliphatic heterocycles. The number of hydrogen-bond acceptors (Lipinski definition) is 2. The van der Waals surface area contributed by atoms with E-state index >= 15 is 0 Å². The summed E-state index contributed by atoms with van der Waals surface area (Å²) in [4.78, 5) is 2.39. The average molecular weight is 246 g/mol. The van der Waals surface area contributed by atoms with Crippen molar-refractivity contribution in [1.82, 2.24) is 10.2 Å². The van der Waals surface area contributed by atoms with Crippen LogP contribution in [0.15, 0.2) is 36.9 Å². The Labute approximate surface area is 112 Å². The maximum atomic E-state index is 3.82. The van der Waals surface area contributed by atoms with E-state index in [2.05, 4.69) is 54.9 Å². The van der Waals surface area contributed by atoms with Crippen molar-refractivity contribution < 1.29 is 0 Å². The van der Waals surface area contributed by atoms with Crippen molar-refractivity contribution >= 4 is 0 Å². The highest BCUT2D eigenvalue weighted by Crippen LogP contribution is 2.11. The molecule has 0 atom stereocenters. The highest BCUT2D eigenvalue weighted by molar-refractivity contribution is 5.27. The molecule has 0 amide bonds. The van der Waals surface area contributed by atoms with Gasteiger partial charge in [0.15, 0.2) is 0 Å². The summed E-state index contributed by atoms with van der Waals surface area (Å²) in [5, 5.41) is 3.48. The van der Waals surface area contributed by atoms with E-state index in [-0.39, 0.29) is 0 Å². The Kier molecular flexibility index (Phi) is 7.38. The van der Waals surface area contributed by atoms with Gasteiger partial charge in [-0.15, -0.1) is 6.58 Å². The van der Waals surface area contributed by atoms with Gasteiger partial charge < -0.3 is 5.32 Å². The minimum absolute atomic E-state index is 0.952. The highest BCUT2D eigenvalue weighted by Gasteiger charge is 2.05. The topological polar surface area (TPSA) is 15.3 Å². The van der Waals surface area contributed by atoms with Crippen LogP contribution < -0.4 is 5.32 Å². The van der Waals surface area contributed by atoms with Crippen LogP contribution in [-0.2, 0) is 13.1 Å². The van der Waals surface area contributed by atoms with Gasteiger partial charge in [0, 0.05) is 19.6 Å². The van der Waals surface area contributed by atoms with Gasteiger partial charge in [-0.2, -0.15) is 0 Å². The Morgan fingerprint density at radius 2 is 1.94 bits per heavy atom. The van der Waals surface area contributed by atoms with Crippen LogP contribution >= 0.6 is 0 Å². The summed E-state index contributed by atoms with van der Waals surface area (Å²) >= 11 is 0. The summed E-state index contributed by atoms with van der Waals surface area (Å²) in [6, 6.07) is 8.70. The fraction of sp³-hybridized carbons (Fsp3) is 0.500. The molecule has 0 heterocycles. The molecule has 2 heteroatoms. The molecule has 0 fully saturated rings. The van der Waals surface area contributed by atoms with Crippen LogP contribution in [0.3, 0.4) is 0 Å². The second-order valence-corrected chi connectivity index (χ2v) is 4.56. The van der Waals surface area contributed by atoms with Gasteiger partial charge in [0.1, 0.15) is 0 Å². The Morgan fingerprint density at radius 1 is 1.22 bits per heavy atom. The normalized spacial score (nSPS) is 10.8. The van der Waals surface area contributed by atoms with Gasteiger partial charge in [-0.3, -0.25) is 4.90 Å². The molecule has 0 aliphatic carbocycles. The van der Waals surface area contributed by atoms with Crippen molar-refractivity contribution in [3.8, 4) is 0 Å². The average Bonchev–Trinajstić information content (AvgIpc) is 2.40. The fourth-order valence-electron chi connectivity index (χ4n) is 2.01. The standard InChI is InChI=1S/C16H26N2/c1-4-11-17-13-15-9-7-8-10-16(15)14-18(6-3)12-5-2/h5,7-10,17H,2,4,6,11-14H2,1,3H3. The number of hydrogen-bond donors (Lipinski definition) is 1. The van der Waals surface area contributed by atoms with Crippen molar-refractivity contribution in [2.24, 2.45) is 0 Å². The molecular formula is C16H26N2. The summed E-state index contributed by atoms with van der Waals surface area (Å²) in [6.45, 7) is 13.3. The molecule has 0 bridgehead atoms. The van der Waals surface area contributed by atoms with Gasteiger partial charge in [-0.1, -0.05) is 44.2 Å². The number of likely N-dealkylation sites (N-methyl/N-ethyl adjacent to an activating group) is 1. The van der Waals surface area contributed by atoms with Crippen LogP contribution in [0.1, 0.15) is 31.4 Å². The quantitative estimate of drug-likeness (QED) is 0.532. The first-order valence-corrected chi connectivity index (χ1v) is 6.92. The first-order chi connectivity index (χ1) is 8.81. The third-order valence-corrected chi connectivity index (χ3v) is 3.09. The molecule has 1 N–H and O–H groups in total. The van der Waals surface area contributed by atoms with Crippen molar-refractivity contribution in [2.75, 3.05) is 19.6 Å². The molecule has 2 nitrogen and oxygen atoms in total. The van der Waals surface area contributed by atoms with Gasteiger partial charge in [-0.25, -0.2) is 0 Å². The zero-order valence-corrected chi connectivity index (χ0v) is 11.8. The third kappa shape index (κ3) is 5.03. The predicted molar refractivity (Wildman–Crippen MR) is 79.6 cm³/mol. The predicted octanol–water partition coefficient (Wildman–Crippen LogP) is 3.19. The lowest BCUT2D eigenvalue weighted by Crippen LogP contribution is -2.24. The van der Waals surface area contributed by atoms with Gasteiger partial charge in [0.05, 0.1) is 0 Å². The van der Waals surface area contributed by atoms with E-state index in [0.717, 1.165) is 32.7 Å². The number of benzene rings is 1. The Morgan fingerprint density at radius 3 is 2.56 bits per heavy atom.